The molecule has 0 spiro atoms. The lowest BCUT2D eigenvalue weighted by molar-refractivity contribution is 0.0928. The van der Waals surface area contributed by atoms with Gasteiger partial charge in [-0.25, -0.2) is 4.68 Å². The van der Waals surface area contributed by atoms with Gasteiger partial charge in [0, 0.05) is 17.0 Å². The highest BCUT2D eigenvalue weighted by atomic mass is 35.5. The van der Waals surface area contributed by atoms with Gasteiger partial charge < -0.3 is 10.6 Å². The van der Waals surface area contributed by atoms with Crippen LogP contribution in [0, 0.1) is 6.92 Å². The number of carbonyl (C=O) groups excluding carboxylic acids is 1. The molecule has 2 fully saturated rings. The molecule has 0 radical (unpaired) electrons. The average molecular weight is 395 g/mol. The minimum atomic E-state index is -0.00161. The molecule has 2 aromatic rings. The van der Waals surface area contributed by atoms with Crippen molar-refractivity contribution in [2.75, 3.05) is 13.1 Å². The fraction of sp³-hybridized carbons (Fsp3) is 0.474. The summed E-state index contributed by atoms with van der Waals surface area (Å²) in [4.78, 5) is 12.8. The Hall–Kier alpha value is -1.56. The Labute approximate surface area is 164 Å². The van der Waals surface area contributed by atoms with Crippen LogP contribution in [0.2, 0.25) is 5.02 Å². The highest BCUT2D eigenvalue weighted by Crippen LogP contribution is 2.42. The van der Waals surface area contributed by atoms with Crippen LogP contribution in [0.5, 0.6) is 0 Å². The number of carbonyl (C=O) groups is 1. The van der Waals surface area contributed by atoms with Crippen molar-refractivity contribution in [3.8, 4) is 5.69 Å². The number of rotatable bonds is 4. The van der Waals surface area contributed by atoms with Gasteiger partial charge in [-0.1, -0.05) is 17.7 Å². The van der Waals surface area contributed by atoms with Crippen molar-refractivity contribution < 1.29 is 4.79 Å². The Bertz CT molecular complexity index is 795. The molecule has 5 nitrogen and oxygen atoms in total. The van der Waals surface area contributed by atoms with Gasteiger partial charge in [0.05, 0.1) is 23.1 Å². The van der Waals surface area contributed by atoms with Gasteiger partial charge in [0.15, 0.2) is 0 Å². The van der Waals surface area contributed by atoms with Gasteiger partial charge in [0.25, 0.3) is 5.91 Å². The molecule has 0 bridgehead atoms. The third kappa shape index (κ3) is 3.90. The molecule has 0 atom stereocenters. The Balaban J connectivity index is 0.00000196. The van der Waals surface area contributed by atoms with E-state index in [1.54, 1.807) is 6.20 Å². The topological polar surface area (TPSA) is 59.0 Å². The zero-order chi connectivity index (χ0) is 17.4. The van der Waals surface area contributed by atoms with Gasteiger partial charge >= 0.3 is 0 Å². The molecule has 4 rings (SSSR count). The van der Waals surface area contributed by atoms with Crippen LogP contribution in [0.25, 0.3) is 5.69 Å². The molecule has 1 aliphatic carbocycles. The van der Waals surface area contributed by atoms with Gasteiger partial charge in [-0.05, 0) is 63.4 Å². The van der Waals surface area contributed by atoms with Gasteiger partial charge in [-0.2, -0.15) is 5.10 Å². The van der Waals surface area contributed by atoms with Crippen molar-refractivity contribution in [2.45, 2.75) is 44.6 Å². The van der Waals surface area contributed by atoms with Crippen molar-refractivity contribution in [1.82, 2.24) is 20.4 Å². The number of hydrogen-bond donors (Lipinski definition) is 2. The molecule has 2 N–H and O–H groups in total. The summed E-state index contributed by atoms with van der Waals surface area (Å²) in [7, 11) is 0. The summed E-state index contributed by atoms with van der Waals surface area (Å²) in [5.41, 5.74) is 3.68. The Morgan fingerprint density at radius 3 is 2.65 bits per heavy atom. The standard InChI is InChI=1S/C19H23ClN4O.ClH/c1-12-2-5-15(10-17(12)20)24-18(13-3-4-13)16(11-22-24)19(25)23-14-6-8-21-9-7-14;/h2,5,10-11,13-14,21H,3-4,6-9H2,1H3,(H,23,25);1H. The smallest absolute Gasteiger partial charge is 0.255 e. The highest BCUT2D eigenvalue weighted by molar-refractivity contribution is 6.31. The normalized spacial score (nSPS) is 17.6. The zero-order valence-corrected chi connectivity index (χ0v) is 16.4. The molecule has 1 aromatic heterocycles. The van der Waals surface area contributed by atoms with E-state index in [2.05, 4.69) is 15.7 Å². The number of nitrogens with zero attached hydrogens (tertiary/aromatic N) is 2. The van der Waals surface area contributed by atoms with Crippen molar-refractivity contribution in [3.05, 3.63) is 46.2 Å². The van der Waals surface area contributed by atoms with E-state index >= 15 is 0 Å². The van der Waals surface area contributed by atoms with Gasteiger partial charge in [-0.15, -0.1) is 12.4 Å². The maximum Gasteiger partial charge on any atom is 0.255 e. The lowest BCUT2D eigenvalue weighted by atomic mass is 10.1. The molecule has 0 unspecified atom stereocenters. The summed E-state index contributed by atoms with van der Waals surface area (Å²) in [6, 6.07) is 6.17. The largest absolute Gasteiger partial charge is 0.349 e. The summed E-state index contributed by atoms with van der Waals surface area (Å²) in [5.74, 6) is 0.412. The first kappa shape index (κ1) is 19.2. The maximum absolute atomic E-state index is 12.8. The van der Waals surface area contributed by atoms with Crippen molar-refractivity contribution in [3.63, 3.8) is 0 Å². The van der Waals surface area contributed by atoms with E-state index in [-0.39, 0.29) is 24.4 Å². The van der Waals surface area contributed by atoms with E-state index < -0.39 is 0 Å². The monoisotopic (exact) mass is 394 g/mol. The van der Waals surface area contributed by atoms with Crippen molar-refractivity contribution >= 4 is 29.9 Å². The first-order valence-corrected chi connectivity index (χ1v) is 9.37. The van der Waals surface area contributed by atoms with Crippen LogP contribution in [-0.2, 0) is 0 Å². The molecule has 2 heterocycles. The molecule has 1 saturated heterocycles. The molecule has 7 heteroatoms. The summed E-state index contributed by atoms with van der Waals surface area (Å²) in [5, 5.41) is 11.7. The number of nitrogens with one attached hydrogen (secondary N) is 2. The predicted molar refractivity (Wildman–Crippen MR) is 106 cm³/mol. The quantitative estimate of drug-likeness (QED) is 0.832. The molecule has 1 aliphatic heterocycles. The van der Waals surface area contributed by atoms with Gasteiger partial charge in [0.1, 0.15) is 0 Å². The van der Waals surface area contributed by atoms with Crippen LogP contribution in [0.3, 0.4) is 0 Å². The van der Waals surface area contributed by atoms with E-state index in [1.165, 1.54) is 0 Å². The molecule has 2 aliphatic rings. The highest BCUT2D eigenvalue weighted by Gasteiger charge is 2.33. The number of hydrogen-bond acceptors (Lipinski definition) is 3. The van der Waals surface area contributed by atoms with Crippen LogP contribution in [-0.4, -0.2) is 34.8 Å². The molecule has 1 amide bonds. The first-order valence-electron chi connectivity index (χ1n) is 8.99. The van der Waals surface area contributed by atoms with Crippen LogP contribution in [0.1, 0.15) is 53.2 Å². The number of piperidine rings is 1. The third-order valence-electron chi connectivity index (χ3n) is 5.09. The van der Waals surface area contributed by atoms with Crippen LogP contribution >= 0.6 is 24.0 Å². The number of amides is 1. The fourth-order valence-electron chi connectivity index (χ4n) is 3.43. The number of benzene rings is 1. The summed E-state index contributed by atoms with van der Waals surface area (Å²) >= 11 is 6.28. The Morgan fingerprint density at radius 1 is 1.27 bits per heavy atom. The first-order chi connectivity index (χ1) is 12.1. The zero-order valence-electron chi connectivity index (χ0n) is 14.8. The minimum absolute atomic E-state index is 0. The Kier molecular flexibility index (Phi) is 5.90. The molecule has 1 saturated carbocycles. The number of halogens is 2. The minimum Gasteiger partial charge on any atom is -0.349 e. The molecular weight excluding hydrogens is 371 g/mol. The van der Waals surface area contributed by atoms with Crippen LogP contribution < -0.4 is 10.6 Å². The molecule has 26 heavy (non-hydrogen) atoms. The molecule has 140 valence electrons. The van der Waals surface area contributed by atoms with E-state index in [0.29, 0.717) is 11.5 Å². The van der Waals surface area contributed by atoms with E-state index in [4.69, 9.17) is 11.6 Å². The fourth-order valence-corrected chi connectivity index (χ4v) is 3.61. The average Bonchev–Trinajstić information content (AvgIpc) is 3.36. The van der Waals surface area contributed by atoms with Crippen molar-refractivity contribution in [2.24, 2.45) is 0 Å². The lowest BCUT2D eigenvalue weighted by Crippen LogP contribution is -2.42. The van der Waals surface area contributed by atoms with Crippen molar-refractivity contribution in [1.29, 1.82) is 0 Å². The van der Waals surface area contributed by atoms with Crippen LogP contribution in [0.4, 0.5) is 0 Å². The second-order valence-corrected chi connectivity index (χ2v) is 7.47. The summed E-state index contributed by atoms with van der Waals surface area (Å²) < 4.78 is 1.89. The number of aryl methyl sites for hydroxylation is 1. The predicted octanol–water partition coefficient (Wildman–Crippen LogP) is 3.62. The van der Waals surface area contributed by atoms with E-state index in [0.717, 1.165) is 60.7 Å². The van der Waals surface area contributed by atoms with E-state index in [9.17, 15) is 4.79 Å². The summed E-state index contributed by atoms with van der Waals surface area (Å²) in [6.07, 6.45) is 5.88. The lowest BCUT2D eigenvalue weighted by Gasteiger charge is -2.23. The van der Waals surface area contributed by atoms with Gasteiger partial charge in [0.2, 0.25) is 0 Å². The SMILES string of the molecule is Cc1ccc(-n2ncc(C(=O)NC3CCNCC3)c2C2CC2)cc1Cl.Cl. The molecular formula is C19H24Cl2N4O. The third-order valence-corrected chi connectivity index (χ3v) is 5.50. The number of aromatic nitrogens is 2. The van der Waals surface area contributed by atoms with E-state index in [1.807, 2.05) is 29.8 Å². The molecule has 1 aromatic carbocycles. The van der Waals surface area contributed by atoms with Gasteiger partial charge in [-0.3, -0.25) is 4.79 Å². The maximum atomic E-state index is 12.8. The summed E-state index contributed by atoms with van der Waals surface area (Å²) in [6.45, 7) is 3.90. The Morgan fingerprint density at radius 2 is 2.00 bits per heavy atom. The second kappa shape index (κ2) is 7.99. The second-order valence-electron chi connectivity index (χ2n) is 7.06. The van der Waals surface area contributed by atoms with Crippen LogP contribution in [0.15, 0.2) is 24.4 Å².